The minimum absolute atomic E-state index is 0.191. The number of nitrogens with zero attached hydrogens (tertiary/aromatic N) is 1. The summed E-state index contributed by atoms with van der Waals surface area (Å²) in [5, 5.41) is 7.30. The number of nitrogens with one attached hydrogen (secondary N) is 1. The van der Waals surface area contributed by atoms with Gasteiger partial charge in [0.1, 0.15) is 18.1 Å². The van der Waals surface area contributed by atoms with Crippen LogP contribution < -0.4 is 10.1 Å². The van der Waals surface area contributed by atoms with Gasteiger partial charge in [-0.2, -0.15) is 0 Å². The van der Waals surface area contributed by atoms with E-state index in [1.54, 1.807) is 19.1 Å². The summed E-state index contributed by atoms with van der Waals surface area (Å²) in [6.45, 7) is 7.87. The molecule has 0 radical (unpaired) electrons. The average Bonchev–Trinajstić information content (AvgIpc) is 3.00. The molecule has 6 heteroatoms. The Bertz CT molecular complexity index is 995. The van der Waals surface area contributed by atoms with Crippen molar-refractivity contribution in [3.05, 3.63) is 75.1 Å². The predicted molar refractivity (Wildman–Crippen MR) is 106 cm³/mol. The number of aryl methyl sites for hydroxylation is 3. The lowest BCUT2D eigenvalue weighted by atomic mass is 10.1. The first kappa shape index (κ1) is 19.0. The van der Waals surface area contributed by atoms with Crippen molar-refractivity contribution in [2.75, 3.05) is 5.32 Å². The molecule has 0 saturated heterocycles. The van der Waals surface area contributed by atoms with Crippen LogP contribution in [0.3, 0.4) is 0 Å². The summed E-state index contributed by atoms with van der Waals surface area (Å²) in [5.74, 6) is 0.956. The molecule has 140 valence electrons. The number of amides is 1. The third kappa shape index (κ3) is 4.14. The van der Waals surface area contributed by atoms with Crippen LogP contribution in [-0.2, 0) is 6.61 Å². The average molecular weight is 385 g/mol. The number of rotatable bonds is 5. The number of halogens is 1. The molecule has 1 amide bonds. The number of aromatic nitrogens is 1. The molecule has 1 heterocycles. The highest BCUT2D eigenvalue weighted by Gasteiger charge is 2.21. The minimum atomic E-state index is -0.364. The van der Waals surface area contributed by atoms with Gasteiger partial charge in [-0.25, -0.2) is 0 Å². The molecule has 27 heavy (non-hydrogen) atoms. The summed E-state index contributed by atoms with van der Waals surface area (Å²) in [5.41, 5.74) is 4.57. The third-order valence-corrected chi connectivity index (χ3v) is 4.81. The van der Waals surface area contributed by atoms with Gasteiger partial charge in [-0.3, -0.25) is 4.79 Å². The van der Waals surface area contributed by atoms with Crippen molar-refractivity contribution in [1.29, 1.82) is 0 Å². The van der Waals surface area contributed by atoms with Crippen LogP contribution in [0, 0.1) is 27.7 Å². The molecule has 0 spiro atoms. The second-order valence-corrected chi connectivity index (χ2v) is 6.90. The molecule has 0 saturated carbocycles. The summed E-state index contributed by atoms with van der Waals surface area (Å²) >= 11 is 6.02. The molecular formula is C21H21ClN2O3. The van der Waals surface area contributed by atoms with Gasteiger partial charge in [-0.15, -0.1) is 0 Å². The molecule has 3 aromatic rings. The number of hydrogen-bond donors (Lipinski definition) is 1. The lowest BCUT2D eigenvalue weighted by Gasteiger charge is -2.11. The number of hydrogen-bond acceptors (Lipinski definition) is 4. The van der Waals surface area contributed by atoms with Crippen LogP contribution in [0.25, 0.3) is 0 Å². The molecule has 1 N–H and O–H groups in total. The van der Waals surface area contributed by atoms with Gasteiger partial charge >= 0.3 is 0 Å². The van der Waals surface area contributed by atoms with E-state index in [2.05, 4.69) is 10.5 Å². The Balaban J connectivity index is 1.80. The molecule has 0 fully saturated rings. The van der Waals surface area contributed by atoms with E-state index in [1.807, 2.05) is 45.0 Å². The van der Waals surface area contributed by atoms with Crippen LogP contribution >= 0.6 is 11.6 Å². The van der Waals surface area contributed by atoms with Gasteiger partial charge in [0.25, 0.3) is 5.91 Å². The Hall–Kier alpha value is -2.79. The van der Waals surface area contributed by atoms with Crippen molar-refractivity contribution in [3.63, 3.8) is 0 Å². The Labute approximate surface area is 163 Å². The molecule has 0 bridgehead atoms. The Morgan fingerprint density at radius 3 is 2.70 bits per heavy atom. The molecule has 3 rings (SSSR count). The fourth-order valence-corrected chi connectivity index (χ4v) is 2.85. The van der Waals surface area contributed by atoms with Gasteiger partial charge in [-0.05, 0) is 62.6 Å². The zero-order valence-corrected chi connectivity index (χ0v) is 16.5. The lowest BCUT2D eigenvalue weighted by molar-refractivity contribution is 0.101. The van der Waals surface area contributed by atoms with E-state index in [9.17, 15) is 4.79 Å². The predicted octanol–water partition coefficient (Wildman–Crippen LogP) is 5.39. The van der Waals surface area contributed by atoms with E-state index in [4.69, 9.17) is 20.9 Å². The van der Waals surface area contributed by atoms with E-state index in [0.717, 1.165) is 22.4 Å². The van der Waals surface area contributed by atoms with Gasteiger partial charge in [0.05, 0.1) is 5.56 Å². The van der Waals surface area contributed by atoms with E-state index in [1.165, 1.54) is 0 Å². The smallest absolute Gasteiger partial charge is 0.278 e. The Morgan fingerprint density at radius 1 is 1.15 bits per heavy atom. The highest BCUT2D eigenvalue weighted by molar-refractivity contribution is 6.31. The zero-order valence-electron chi connectivity index (χ0n) is 15.7. The van der Waals surface area contributed by atoms with Crippen LogP contribution in [0.2, 0.25) is 5.02 Å². The van der Waals surface area contributed by atoms with Gasteiger partial charge in [0.2, 0.25) is 0 Å². The summed E-state index contributed by atoms with van der Waals surface area (Å²) in [7, 11) is 0. The van der Waals surface area contributed by atoms with Crippen LogP contribution in [-0.4, -0.2) is 11.1 Å². The van der Waals surface area contributed by atoms with Gasteiger partial charge in [-0.1, -0.05) is 35.0 Å². The monoisotopic (exact) mass is 384 g/mol. The van der Waals surface area contributed by atoms with E-state index >= 15 is 0 Å². The van der Waals surface area contributed by atoms with Crippen molar-refractivity contribution in [2.45, 2.75) is 34.3 Å². The molecule has 0 aliphatic heterocycles. The molecule has 0 atom stereocenters. The SMILES string of the molecule is Cc1ccc(Cl)cc1NC(=O)c1noc(C)c1COc1cccc(C)c1C. The lowest BCUT2D eigenvalue weighted by Crippen LogP contribution is -2.16. The Morgan fingerprint density at radius 2 is 1.93 bits per heavy atom. The molecule has 2 aromatic carbocycles. The second kappa shape index (κ2) is 7.84. The van der Waals surface area contributed by atoms with Gasteiger partial charge < -0.3 is 14.6 Å². The van der Waals surface area contributed by atoms with Gasteiger partial charge in [0, 0.05) is 10.7 Å². The van der Waals surface area contributed by atoms with E-state index in [-0.39, 0.29) is 18.2 Å². The first-order chi connectivity index (χ1) is 12.9. The van der Waals surface area contributed by atoms with Crippen molar-refractivity contribution in [3.8, 4) is 5.75 Å². The van der Waals surface area contributed by atoms with Crippen LogP contribution in [0.15, 0.2) is 40.9 Å². The normalized spacial score (nSPS) is 10.7. The number of benzene rings is 2. The summed E-state index contributed by atoms with van der Waals surface area (Å²) in [6, 6.07) is 11.2. The fourth-order valence-electron chi connectivity index (χ4n) is 2.68. The highest BCUT2D eigenvalue weighted by atomic mass is 35.5. The second-order valence-electron chi connectivity index (χ2n) is 6.47. The van der Waals surface area contributed by atoms with Crippen molar-refractivity contribution >= 4 is 23.2 Å². The summed E-state index contributed by atoms with van der Waals surface area (Å²) in [4.78, 5) is 12.7. The maximum Gasteiger partial charge on any atom is 0.278 e. The fraction of sp³-hybridized carbons (Fsp3) is 0.238. The zero-order chi connectivity index (χ0) is 19.6. The maximum atomic E-state index is 12.7. The van der Waals surface area contributed by atoms with Crippen molar-refractivity contribution < 1.29 is 14.1 Å². The largest absolute Gasteiger partial charge is 0.488 e. The quantitative estimate of drug-likeness (QED) is 0.640. The number of anilines is 1. The minimum Gasteiger partial charge on any atom is -0.488 e. The first-order valence-corrected chi connectivity index (χ1v) is 8.96. The Kier molecular flexibility index (Phi) is 5.51. The summed E-state index contributed by atoms with van der Waals surface area (Å²) < 4.78 is 11.2. The first-order valence-electron chi connectivity index (χ1n) is 8.58. The van der Waals surface area contributed by atoms with Crippen molar-refractivity contribution in [2.24, 2.45) is 0 Å². The standard InChI is InChI=1S/C21H21ClN2O3/c1-12-6-5-7-19(14(12)3)26-11-17-15(4)27-24-20(17)21(25)23-18-10-16(22)9-8-13(18)2/h5-10H,11H2,1-4H3,(H,23,25). The van der Waals surface area contributed by atoms with Crippen molar-refractivity contribution in [1.82, 2.24) is 5.16 Å². The van der Waals surface area contributed by atoms with Crippen LogP contribution in [0.4, 0.5) is 5.69 Å². The topological polar surface area (TPSA) is 64.4 Å². The molecule has 0 aliphatic rings. The van der Waals surface area contributed by atoms with E-state index < -0.39 is 0 Å². The van der Waals surface area contributed by atoms with Crippen LogP contribution in [0.1, 0.15) is 38.5 Å². The number of ether oxygens (including phenoxy) is 1. The number of carbonyl (C=O) groups is 1. The number of carbonyl (C=O) groups excluding carboxylic acids is 1. The maximum absolute atomic E-state index is 12.7. The van der Waals surface area contributed by atoms with E-state index in [0.29, 0.717) is 22.0 Å². The third-order valence-electron chi connectivity index (χ3n) is 4.57. The molecule has 0 unspecified atom stereocenters. The van der Waals surface area contributed by atoms with Gasteiger partial charge in [0.15, 0.2) is 5.69 Å². The van der Waals surface area contributed by atoms with Crippen LogP contribution in [0.5, 0.6) is 5.75 Å². The molecule has 1 aromatic heterocycles. The molecule has 5 nitrogen and oxygen atoms in total. The molecular weight excluding hydrogens is 364 g/mol. The highest BCUT2D eigenvalue weighted by Crippen LogP contribution is 2.25. The summed E-state index contributed by atoms with van der Waals surface area (Å²) in [6.07, 6.45) is 0. The molecule has 0 aliphatic carbocycles.